The van der Waals surface area contributed by atoms with Crippen LogP contribution in [0.1, 0.15) is 73.9 Å². The molecule has 0 aliphatic carbocycles. The number of hydrogen-bond acceptors (Lipinski definition) is 6. The Labute approximate surface area is 178 Å². The first-order valence-corrected chi connectivity index (χ1v) is 9.77. The number of carbonyl (C=O) groups is 3. The van der Waals surface area contributed by atoms with Crippen LogP contribution in [-0.4, -0.2) is 35.0 Å². The predicted molar refractivity (Wildman–Crippen MR) is 114 cm³/mol. The quantitative estimate of drug-likeness (QED) is 0.526. The molecule has 0 aliphatic rings. The van der Waals surface area contributed by atoms with Gasteiger partial charge in [0, 0.05) is 5.69 Å². The van der Waals surface area contributed by atoms with Crippen LogP contribution in [0.15, 0.2) is 24.3 Å². The standard InChI is InChI=1S/C22H34N2O6/c1-20(2,3)28-17(25)16(24-19(27)30-22(7,8)9)14-10-12-15(13-11-14)23-18(26)29-21(4,5)6/h10-13,16H,1-9H3,(H,23,26)(H,24,27)/t16-/m1/s1. The van der Waals surface area contributed by atoms with Crippen LogP contribution in [0, 0.1) is 0 Å². The molecular formula is C22H34N2O6. The highest BCUT2D eigenvalue weighted by molar-refractivity contribution is 5.86. The Morgan fingerprint density at radius 3 is 1.57 bits per heavy atom. The van der Waals surface area contributed by atoms with Crippen molar-refractivity contribution in [3.05, 3.63) is 29.8 Å². The van der Waals surface area contributed by atoms with Crippen molar-refractivity contribution in [2.45, 2.75) is 85.2 Å². The van der Waals surface area contributed by atoms with Crippen molar-refractivity contribution in [2.75, 3.05) is 5.32 Å². The minimum absolute atomic E-state index is 0.477. The molecule has 168 valence electrons. The maximum absolute atomic E-state index is 12.7. The summed E-state index contributed by atoms with van der Waals surface area (Å²) >= 11 is 0. The number of amides is 2. The van der Waals surface area contributed by atoms with Gasteiger partial charge >= 0.3 is 18.2 Å². The van der Waals surface area contributed by atoms with Gasteiger partial charge in [-0.05, 0) is 80.0 Å². The summed E-state index contributed by atoms with van der Waals surface area (Å²) in [7, 11) is 0. The smallest absolute Gasteiger partial charge is 0.412 e. The molecule has 0 aliphatic heterocycles. The lowest BCUT2D eigenvalue weighted by atomic mass is 10.1. The lowest BCUT2D eigenvalue weighted by molar-refractivity contribution is -0.157. The maximum atomic E-state index is 12.7. The third-order valence-corrected chi connectivity index (χ3v) is 3.19. The van der Waals surface area contributed by atoms with E-state index in [0.717, 1.165) is 0 Å². The van der Waals surface area contributed by atoms with E-state index in [1.54, 1.807) is 86.6 Å². The topological polar surface area (TPSA) is 103 Å². The van der Waals surface area contributed by atoms with Crippen molar-refractivity contribution in [3.8, 4) is 0 Å². The number of anilines is 1. The maximum Gasteiger partial charge on any atom is 0.412 e. The van der Waals surface area contributed by atoms with Gasteiger partial charge in [0.25, 0.3) is 0 Å². The Kier molecular flexibility index (Phi) is 7.89. The molecule has 30 heavy (non-hydrogen) atoms. The molecule has 8 nitrogen and oxygen atoms in total. The number of rotatable bonds is 4. The van der Waals surface area contributed by atoms with Crippen LogP contribution in [0.2, 0.25) is 0 Å². The minimum Gasteiger partial charge on any atom is -0.458 e. The molecule has 2 amide bonds. The molecule has 1 atom stereocenters. The highest BCUT2D eigenvalue weighted by Crippen LogP contribution is 2.22. The van der Waals surface area contributed by atoms with Crippen molar-refractivity contribution in [2.24, 2.45) is 0 Å². The number of carbonyl (C=O) groups excluding carboxylic acids is 3. The molecule has 0 heterocycles. The van der Waals surface area contributed by atoms with Crippen molar-refractivity contribution >= 4 is 23.8 Å². The van der Waals surface area contributed by atoms with E-state index in [1.807, 2.05) is 0 Å². The zero-order valence-corrected chi connectivity index (χ0v) is 19.3. The molecule has 1 aromatic carbocycles. The van der Waals surface area contributed by atoms with Crippen LogP contribution in [0.5, 0.6) is 0 Å². The monoisotopic (exact) mass is 422 g/mol. The van der Waals surface area contributed by atoms with Crippen molar-refractivity contribution in [1.82, 2.24) is 5.32 Å². The van der Waals surface area contributed by atoms with E-state index in [4.69, 9.17) is 14.2 Å². The SMILES string of the molecule is CC(C)(C)OC(=O)Nc1ccc([C@@H](NC(=O)OC(C)(C)C)C(=O)OC(C)(C)C)cc1. The number of hydrogen-bond donors (Lipinski definition) is 2. The number of benzene rings is 1. The zero-order chi connectivity index (χ0) is 23.3. The number of ether oxygens (including phenoxy) is 3. The Morgan fingerprint density at radius 2 is 1.13 bits per heavy atom. The Bertz CT molecular complexity index is 752. The van der Waals surface area contributed by atoms with Gasteiger partial charge in [0.15, 0.2) is 6.04 Å². The molecule has 0 fully saturated rings. The average Bonchev–Trinajstić information content (AvgIpc) is 2.48. The molecule has 0 saturated heterocycles. The average molecular weight is 423 g/mol. The van der Waals surface area contributed by atoms with E-state index in [2.05, 4.69) is 10.6 Å². The summed E-state index contributed by atoms with van der Waals surface area (Å²) in [6.45, 7) is 15.7. The van der Waals surface area contributed by atoms with Gasteiger partial charge in [-0.2, -0.15) is 0 Å². The second kappa shape index (κ2) is 9.36. The highest BCUT2D eigenvalue weighted by Gasteiger charge is 2.30. The van der Waals surface area contributed by atoms with Gasteiger partial charge < -0.3 is 19.5 Å². The van der Waals surface area contributed by atoms with Crippen LogP contribution in [0.25, 0.3) is 0 Å². The summed E-state index contributed by atoms with van der Waals surface area (Å²) in [5.74, 6) is -0.624. The molecule has 0 unspecified atom stereocenters. The first-order valence-electron chi connectivity index (χ1n) is 9.77. The van der Waals surface area contributed by atoms with Crippen LogP contribution in [0.4, 0.5) is 15.3 Å². The van der Waals surface area contributed by atoms with Gasteiger partial charge in [-0.15, -0.1) is 0 Å². The molecule has 2 N–H and O–H groups in total. The van der Waals surface area contributed by atoms with E-state index >= 15 is 0 Å². The molecule has 8 heteroatoms. The fraction of sp³-hybridized carbons (Fsp3) is 0.591. The molecule has 0 spiro atoms. The first-order chi connectivity index (χ1) is 13.5. The van der Waals surface area contributed by atoms with Crippen molar-refractivity contribution in [3.63, 3.8) is 0 Å². The van der Waals surface area contributed by atoms with Crippen molar-refractivity contribution < 1.29 is 28.6 Å². The second-order valence-corrected chi connectivity index (χ2v) is 9.86. The van der Waals surface area contributed by atoms with E-state index < -0.39 is 41.0 Å². The molecule has 0 radical (unpaired) electrons. The third-order valence-electron chi connectivity index (χ3n) is 3.19. The number of alkyl carbamates (subject to hydrolysis) is 1. The Balaban J connectivity index is 3.02. The number of esters is 1. The van der Waals surface area contributed by atoms with E-state index in [0.29, 0.717) is 11.3 Å². The molecular weight excluding hydrogens is 388 g/mol. The first kappa shape index (κ1) is 25.3. The molecule has 0 bridgehead atoms. The second-order valence-electron chi connectivity index (χ2n) is 9.86. The Morgan fingerprint density at radius 1 is 0.700 bits per heavy atom. The largest absolute Gasteiger partial charge is 0.458 e. The molecule has 1 rings (SSSR count). The predicted octanol–water partition coefficient (Wildman–Crippen LogP) is 4.94. The summed E-state index contributed by atoms with van der Waals surface area (Å²) in [4.78, 5) is 36.8. The summed E-state index contributed by atoms with van der Waals surface area (Å²) in [5.41, 5.74) is -1.12. The zero-order valence-electron chi connectivity index (χ0n) is 19.3. The van der Waals surface area contributed by atoms with Gasteiger partial charge in [0.05, 0.1) is 0 Å². The normalized spacial score (nSPS) is 13.1. The molecule has 1 aromatic rings. The van der Waals surface area contributed by atoms with Gasteiger partial charge in [0.2, 0.25) is 0 Å². The van der Waals surface area contributed by atoms with Crippen LogP contribution in [0.3, 0.4) is 0 Å². The lowest BCUT2D eigenvalue weighted by Crippen LogP contribution is -2.40. The van der Waals surface area contributed by atoms with Crippen LogP contribution in [-0.2, 0) is 19.0 Å². The fourth-order valence-electron chi connectivity index (χ4n) is 2.24. The molecule has 0 saturated carbocycles. The summed E-state index contributed by atoms with van der Waals surface area (Å²) < 4.78 is 15.9. The van der Waals surface area contributed by atoms with E-state index in [-0.39, 0.29) is 0 Å². The van der Waals surface area contributed by atoms with Gasteiger partial charge in [-0.25, -0.2) is 14.4 Å². The summed E-state index contributed by atoms with van der Waals surface area (Å²) in [5, 5.41) is 5.17. The minimum atomic E-state index is -1.07. The third kappa shape index (κ3) is 10.1. The summed E-state index contributed by atoms with van der Waals surface area (Å²) in [6.07, 6.45) is -1.33. The summed E-state index contributed by atoms with van der Waals surface area (Å²) in [6, 6.07) is 5.35. The van der Waals surface area contributed by atoms with Crippen LogP contribution >= 0.6 is 0 Å². The van der Waals surface area contributed by atoms with E-state index in [1.165, 1.54) is 0 Å². The van der Waals surface area contributed by atoms with Crippen LogP contribution < -0.4 is 10.6 Å². The lowest BCUT2D eigenvalue weighted by Gasteiger charge is -2.26. The van der Waals surface area contributed by atoms with Crippen molar-refractivity contribution in [1.29, 1.82) is 0 Å². The van der Waals surface area contributed by atoms with Gasteiger partial charge in [-0.3, -0.25) is 5.32 Å². The highest BCUT2D eigenvalue weighted by atomic mass is 16.6. The fourth-order valence-corrected chi connectivity index (χ4v) is 2.24. The van der Waals surface area contributed by atoms with E-state index in [9.17, 15) is 14.4 Å². The number of nitrogens with one attached hydrogen (secondary N) is 2. The van der Waals surface area contributed by atoms with Gasteiger partial charge in [0.1, 0.15) is 16.8 Å². The Hall–Kier alpha value is -2.77. The molecule has 0 aromatic heterocycles. The van der Waals surface area contributed by atoms with Gasteiger partial charge in [-0.1, -0.05) is 12.1 Å².